The van der Waals surface area contributed by atoms with Gasteiger partial charge in [0.15, 0.2) is 0 Å². The molecule has 5 heteroatoms. The van der Waals surface area contributed by atoms with Crippen LogP contribution >= 0.6 is 0 Å². The van der Waals surface area contributed by atoms with Crippen molar-refractivity contribution in [3.8, 4) is 11.8 Å². The van der Waals surface area contributed by atoms with Gasteiger partial charge in [-0.15, -0.1) is 0 Å². The van der Waals surface area contributed by atoms with Gasteiger partial charge in [-0.2, -0.15) is 13.2 Å². The van der Waals surface area contributed by atoms with Gasteiger partial charge in [-0.3, -0.25) is 0 Å². The van der Waals surface area contributed by atoms with E-state index in [9.17, 15) is 18.3 Å². The van der Waals surface area contributed by atoms with Crippen molar-refractivity contribution in [2.24, 2.45) is 40.4 Å². The van der Waals surface area contributed by atoms with E-state index in [2.05, 4.69) is 25.8 Å². The van der Waals surface area contributed by atoms with Crippen LogP contribution in [0.4, 0.5) is 13.2 Å². The van der Waals surface area contributed by atoms with E-state index in [0.717, 1.165) is 38.7 Å². The molecule has 1 saturated heterocycles. The van der Waals surface area contributed by atoms with Gasteiger partial charge >= 0.3 is 6.18 Å². The highest BCUT2D eigenvalue weighted by atomic mass is 19.4. The van der Waals surface area contributed by atoms with Crippen LogP contribution in [0.15, 0.2) is 11.6 Å². The van der Waals surface area contributed by atoms with Crippen LogP contribution in [-0.2, 0) is 4.74 Å². The van der Waals surface area contributed by atoms with Crippen LogP contribution < -0.4 is 0 Å². The predicted octanol–water partition coefficient (Wildman–Crippen LogP) is 7.07. The monoisotopic (exact) mass is 478 g/mol. The van der Waals surface area contributed by atoms with E-state index in [-0.39, 0.29) is 16.7 Å². The number of ether oxygens (including phenoxy) is 1. The van der Waals surface area contributed by atoms with E-state index in [1.807, 2.05) is 0 Å². The van der Waals surface area contributed by atoms with Gasteiger partial charge in [0, 0.05) is 18.4 Å². The Morgan fingerprint density at radius 1 is 1.00 bits per heavy atom. The van der Waals surface area contributed by atoms with Crippen LogP contribution in [-0.4, -0.2) is 29.6 Å². The number of allylic oxidation sites excluding steroid dienone is 2. The zero-order valence-corrected chi connectivity index (χ0v) is 21.0. The largest absolute Gasteiger partial charge is 0.457 e. The second-order valence-electron chi connectivity index (χ2n) is 12.7. The zero-order valence-electron chi connectivity index (χ0n) is 21.0. The SMILES string of the molecule is C[C@]12CC[C@H]3[C@@H](CC=C4C[C@@H](C5CCCCO5)CC[C@@]43C)[C@@H]1CC[C@@H]2[C@@](C)(O)C#CC(F)(F)F. The molecule has 0 amide bonds. The summed E-state index contributed by atoms with van der Waals surface area (Å²) in [6.07, 6.45) is 10.7. The standard InChI is InChI=1S/C29H41F3O2/c1-26-13-11-19(24-6-4-5-17-34-24)18-20(26)7-8-21-22-9-10-25(27(22,2)14-12-23(21)26)28(3,33)15-16-29(30,31)32/h7,19,21-25,33H,4-6,8-14,17-18H2,1-3H3/t19-,21-,22-,23-,24?,25-,26-,27-,28-/m0/s1. The Hall–Kier alpha value is -0.990. The Morgan fingerprint density at radius 2 is 1.79 bits per heavy atom. The minimum atomic E-state index is -4.57. The molecule has 4 aliphatic carbocycles. The van der Waals surface area contributed by atoms with Crippen LogP contribution in [0.2, 0.25) is 0 Å². The molecule has 0 bridgehead atoms. The number of aliphatic hydroxyl groups is 1. The molecule has 0 aromatic carbocycles. The molecule has 0 aromatic heterocycles. The summed E-state index contributed by atoms with van der Waals surface area (Å²) in [7, 11) is 0. The molecule has 0 aromatic rings. The van der Waals surface area contributed by atoms with Crippen molar-refractivity contribution in [2.75, 3.05) is 6.61 Å². The van der Waals surface area contributed by atoms with E-state index < -0.39 is 11.8 Å². The normalized spacial score (nSPS) is 46.1. The van der Waals surface area contributed by atoms with Gasteiger partial charge < -0.3 is 9.84 Å². The molecule has 5 rings (SSSR count). The van der Waals surface area contributed by atoms with Gasteiger partial charge in [0.25, 0.3) is 0 Å². The van der Waals surface area contributed by atoms with Crippen molar-refractivity contribution in [3.05, 3.63) is 11.6 Å². The molecule has 190 valence electrons. The van der Waals surface area contributed by atoms with Gasteiger partial charge in [-0.05, 0) is 112 Å². The number of alkyl halides is 3. The summed E-state index contributed by atoms with van der Waals surface area (Å²) in [5.41, 5.74) is 0.135. The minimum absolute atomic E-state index is 0.153. The van der Waals surface area contributed by atoms with Gasteiger partial charge in [-0.25, -0.2) is 0 Å². The molecule has 1 heterocycles. The Labute approximate surface area is 203 Å². The van der Waals surface area contributed by atoms with Crippen molar-refractivity contribution >= 4 is 0 Å². The topological polar surface area (TPSA) is 29.5 Å². The van der Waals surface area contributed by atoms with E-state index in [0.29, 0.717) is 29.8 Å². The quantitative estimate of drug-likeness (QED) is 0.340. The van der Waals surface area contributed by atoms with Crippen LogP contribution in [0.25, 0.3) is 0 Å². The Kier molecular flexibility index (Phi) is 6.21. The molecule has 2 nitrogen and oxygen atoms in total. The molecular formula is C29H41F3O2. The highest BCUT2D eigenvalue weighted by Gasteiger charge is 2.61. The summed E-state index contributed by atoms with van der Waals surface area (Å²) in [6.45, 7) is 7.15. The average molecular weight is 479 g/mol. The average Bonchev–Trinajstić information content (AvgIpc) is 3.16. The lowest BCUT2D eigenvalue weighted by Crippen LogP contribution is -2.53. The maximum Gasteiger partial charge on any atom is 0.457 e. The summed E-state index contributed by atoms with van der Waals surface area (Å²) < 4.78 is 44.5. The summed E-state index contributed by atoms with van der Waals surface area (Å²) >= 11 is 0. The van der Waals surface area contributed by atoms with Gasteiger partial charge in [0.05, 0.1) is 6.10 Å². The van der Waals surface area contributed by atoms with Crippen molar-refractivity contribution in [1.29, 1.82) is 0 Å². The smallest absolute Gasteiger partial charge is 0.378 e. The number of hydrogen-bond donors (Lipinski definition) is 1. The molecular weight excluding hydrogens is 437 g/mol. The van der Waals surface area contributed by atoms with Gasteiger partial charge in [-0.1, -0.05) is 31.4 Å². The molecule has 5 aliphatic rings. The second-order valence-corrected chi connectivity index (χ2v) is 12.7. The van der Waals surface area contributed by atoms with Crippen LogP contribution in [0.1, 0.15) is 91.4 Å². The summed E-state index contributed by atoms with van der Waals surface area (Å²) in [6, 6.07) is 0. The van der Waals surface area contributed by atoms with E-state index >= 15 is 0 Å². The third-order valence-electron chi connectivity index (χ3n) is 11.0. The minimum Gasteiger partial charge on any atom is -0.378 e. The highest BCUT2D eigenvalue weighted by molar-refractivity contribution is 5.27. The molecule has 4 fully saturated rings. The summed E-state index contributed by atoms with van der Waals surface area (Å²) in [4.78, 5) is 0. The highest BCUT2D eigenvalue weighted by Crippen LogP contribution is 2.67. The Balaban J connectivity index is 1.35. The summed E-state index contributed by atoms with van der Waals surface area (Å²) in [5, 5.41) is 11.1. The molecule has 1 aliphatic heterocycles. The third kappa shape index (κ3) is 4.15. The fourth-order valence-electron chi connectivity index (χ4n) is 9.35. The third-order valence-corrected chi connectivity index (χ3v) is 11.0. The molecule has 1 unspecified atom stereocenters. The van der Waals surface area contributed by atoms with E-state index in [1.165, 1.54) is 51.4 Å². The van der Waals surface area contributed by atoms with Crippen molar-refractivity contribution in [2.45, 2.75) is 109 Å². The van der Waals surface area contributed by atoms with Crippen molar-refractivity contribution in [3.63, 3.8) is 0 Å². The zero-order chi connectivity index (χ0) is 24.4. The molecule has 3 saturated carbocycles. The molecule has 0 radical (unpaired) electrons. The fraction of sp³-hybridized carbons (Fsp3) is 0.862. The van der Waals surface area contributed by atoms with Crippen LogP contribution in [0, 0.1) is 52.3 Å². The summed E-state index contributed by atoms with van der Waals surface area (Å²) in [5.74, 6) is 5.68. The molecule has 0 spiro atoms. The Bertz CT molecular complexity index is 874. The lowest BCUT2D eigenvalue weighted by atomic mass is 9.46. The maximum atomic E-state index is 12.8. The first-order valence-electron chi connectivity index (χ1n) is 13.6. The number of rotatable bonds is 2. The lowest BCUT2D eigenvalue weighted by molar-refractivity contribution is -0.0883. The number of halogens is 3. The first kappa shape index (κ1) is 24.7. The number of fused-ring (bicyclic) bond motifs is 5. The number of hydrogen-bond acceptors (Lipinski definition) is 2. The van der Waals surface area contributed by atoms with E-state index in [4.69, 9.17) is 4.74 Å². The molecule has 9 atom stereocenters. The van der Waals surface area contributed by atoms with Crippen LogP contribution in [0.5, 0.6) is 0 Å². The maximum absolute atomic E-state index is 12.8. The molecule has 1 N–H and O–H groups in total. The Morgan fingerprint density at radius 3 is 2.50 bits per heavy atom. The van der Waals surface area contributed by atoms with Crippen LogP contribution in [0.3, 0.4) is 0 Å². The van der Waals surface area contributed by atoms with E-state index in [1.54, 1.807) is 5.57 Å². The lowest BCUT2D eigenvalue weighted by Gasteiger charge is -2.59. The van der Waals surface area contributed by atoms with Gasteiger partial charge in [0.2, 0.25) is 0 Å². The van der Waals surface area contributed by atoms with Crippen molar-refractivity contribution in [1.82, 2.24) is 0 Å². The first-order valence-corrected chi connectivity index (χ1v) is 13.6. The second kappa shape index (κ2) is 8.55. The molecule has 34 heavy (non-hydrogen) atoms. The predicted molar refractivity (Wildman–Crippen MR) is 127 cm³/mol. The van der Waals surface area contributed by atoms with Gasteiger partial charge in [0.1, 0.15) is 5.60 Å². The van der Waals surface area contributed by atoms with Crippen molar-refractivity contribution < 1.29 is 23.0 Å². The first-order chi connectivity index (χ1) is 15.9. The fourth-order valence-corrected chi connectivity index (χ4v) is 9.35.